The molecule has 5 nitrogen and oxygen atoms in total. The molecule has 0 saturated heterocycles. The lowest BCUT2D eigenvalue weighted by atomic mass is 10.1. The molecule has 1 heterocycles. The van der Waals surface area contributed by atoms with Crippen molar-refractivity contribution in [2.75, 3.05) is 13.2 Å². The average Bonchev–Trinajstić information content (AvgIpc) is 2.98. The Balaban J connectivity index is 1.90. The van der Waals surface area contributed by atoms with E-state index >= 15 is 0 Å². The maximum atomic E-state index is 13.0. The predicted molar refractivity (Wildman–Crippen MR) is 107 cm³/mol. The van der Waals surface area contributed by atoms with Crippen molar-refractivity contribution in [3.63, 3.8) is 0 Å². The average molecular weight is 382 g/mol. The lowest BCUT2D eigenvalue weighted by Gasteiger charge is -2.18. The number of nitrogens with zero attached hydrogens (tertiary/aromatic N) is 2. The highest BCUT2D eigenvalue weighted by Crippen LogP contribution is 2.22. The molecule has 27 heavy (non-hydrogen) atoms. The van der Waals surface area contributed by atoms with Crippen molar-refractivity contribution in [2.45, 2.75) is 18.2 Å². The van der Waals surface area contributed by atoms with Crippen LogP contribution in [0.1, 0.15) is 11.1 Å². The molecule has 0 amide bonds. The number of sulfonamides is 1. The molecule has 0 aliphatic rings. The summed E-state index contributed by atoms with van der Waals surface area (Å²) in [6.07, 6.45) is 2.54. The Hall–Kier alpha value is -2.75. The standard InChI is InChI=1S/C21H22N2O3S/c1-17-8-10-19(11-9-17)27(25,26)23(13-5-15-24)14-12-18-16-22(2)21-7-4-3-6-20(18)21/h3-4,6-11,16,24H,12,14-15H2,1-2H3. The molecule has 2 aromatic carbocycles. The van der Waals surface area contributed by atoms with Crippen LogP contribution in [0.3, 0.4) is 0 Å². The van der Waals surface area contributed by atoms with Crippen molar-refractivity contribution in [2.24, 2.45) is 7.05 Å². The summed E-state index contributed by atoms with van der Waals surface area (Å²) in [7, 11) is -1.79. The van der Waals surface area contributed by atoms with E-state index in [-0.39, 0.29) is 11.4 Å². The van der Waals surface area contributed by atoms with E-state index in [0.29, 0.717) is 6.42 Å². The Morgan fingerprint density at radius 1 is 1.11 bits per heavy atom. The highest BCUT2D eigenvalue weighted by molar-refractivity contribution is 7.89. The number of rotatable bonds is 5. The molecule has 0 bridgehead atoms. The highest BCUT2D eigenvalue weighted by atomic mass is 32.2. The van der Waals surface area contributed by atoms with E-state index in [1.165, 1.54) is 0 Å². The van der Waals surface area contributed by atoms with Gasteiger partial charge in [-0.3, -0.25) is 0 Å². The lowest BCUT2D eigenvalue weighted by Crippen LogP contribution is -2.29. The van der Waals surface area contributed by atoms with Crippen LogP contribution in [-0.4, -0.2) is 35.5 Å². The van der Waals surface area contributed by atoms with Crippen LogP contribution in [0.2, 0.25) is 0 Å². The first-order chi connectivity index (χ1) is 12.9. The Kier molecular flexibility index (Phi) is 5.54. The maximum absolute atomic E-state index is 13.0. The van der Waals surface area contributed by atoms with Gasteiger partial charge in [0.25, 0.3) is 10.0 Å². The Morgan fingerprint density at radius 2 is 1.81 bits per heavy atom. The van der Waals surface area contributed by atoms with Gasteiger partial charge in [-0.15, -0.1) is 0 Å². The second-order valence-corrected chi connectivity index (χ2v) is 8.23. The summed E-state index contributed by atoms with van der Waals surface area (Å²) in [5.41, 5.74) is 3.14. The van der Waals surface area contributed by atoms with Crippen molar-refractivity contribution in [1.29, 1.82) is 0 Å². The molecule has 3 aromatic rings. The number of para-hydroxylation sites is 1. The minimum absolute atomic E-state index is 0.193. The number of fused-ring (bicyclic) bond motifs is 1. The van der Waals surface area contributed by atoms with Crippen LogP contribution in [0.15, 0.2) is 59.6 Å². The summed E-state index contributed by atoms with van der Waals surface area (Å²) in [6.45, 7) is 1.71. The van der Waals surface area contributed by atoms with Crippen LogP contribution in [0.25, 0.3) is 10.9 Å². The van der Waals surface area contributed by atoms with E-state index in [1.54, 1.807) is 24.3 Å². The Bertz CT molecular complexity index is 1100. The largest absolute Gasteiger partial charge is 0.384 e. The van der Waals surface area contributed by atoms with Gasteiger partial charge in [0, 0.05) is 36.7 Å². The molecule has 0 atom stereocenters. The predicted octanol–water partition coefficient (Wildman–Crippen LogP) is 2.67. The summed E-state index contributed by atoms with van der Waals surface area (Å²) in [4.78, 5) is 0.193. The van der Waals surface area contributed by atoms with Gasteiger partial charge in [0.15, 0.2) is 0 Å². The Labute approximate surface area is 159 Å². The smallest absolute Gasteiger partial charge is 0.270 e. The molecule has 0 spiro atoms. The van der Waals surface area contributed by atoms with E-state index in [9.17, 15) is 8.42 Å². The third-order valence-corrected chi connectivity index (χ3v) is 6.18. The van der Waals surface area contributed by atoms with E-state index in [4.69, 9.17) is 5.11 Å². The molecule has 0 aliphatic carbocycles. The van der Waals surface area contributed by atoms with Crippen LogP contribution in [0.4, 0.5) is 0 Å². The molecule has 3 rings (SSSR count). The van der Waals surface area contributed by atoms with Gasteiger partial charge in [-0.1, -0.05) is 41.8 Å². The number of aryl methyl sites for hydroxylation is 2. The van der Waals surface area contributed by atoms with Crippen molar-refractivity contribution < 1.29 is 13.5 Å². The minimum Gasteiger partial charge on any atom is -0.384 e. The van der Waals surface area contributed by atoms with E-state index < -0.39 is 16.6 Å². The molecule has 1 N–H and O–H groups in total. The van der Waals surface area contributed by atoms with Crippen LogP contribution in [0.5, 0.6) is 0 Å². The summed E-state index contributed by atoms with van der Waals surface area (Å²) in [5.74, 6) is 2.46. The van der Waals surface area contributed by atoms with Crippen molar-refractivity contribution in [3.05, 3.63) is 65.9 Å². The zero-order valence-electron chi connectivity index (χ0n) is 15.4. The molecule has 0 radical (unpaired) electrons. The van der Waals surface area contributed by atoms with Gasteiger partial charge in [0.05, 0.1) is 4.90 Å². The van der Waals surface area contributed by atoms with E-state index in [1.807, 2.05) is 49.0 Å². The lowest BCUT2D eigenvalue weighted by molar-refractivity contribution is 0.350. The molecule has 0 fully saturated rings. The number of aliphatic hydroxyl groups excluding tert-OH is 1. The topological polar surface area (TPSA) is 62.5 Å². The first kappa shape index (κ1) is 19.0. The first-order valence-corrected chi connectivity index (χ1v) is 10.1. The van der Waals surface area contributed by atoms with Gasteiger partial charge < -0.3 is 9.67 Å². The number of aromatic nitrogens is 1. The van der Waals surface area contributed by atoms with Gasteiger partial charge in [0.1, 0.15) is 6.61 Å². The molecular weight excluding hydrogens is 360 g/mol. The van der Waals surface area contributed by atoms with Crippen LogP contribution in [-0.2, 0) is 23.5 Å². The fourth-order valence-corrected chi connectivity index (χ4v) is 4.29. The van der Waals surface area contributed by atoms with E-state index in [0.717, 1.165) is 26.3 Å². The monoisotopic (exact) mass is 382 g/mol. The second-order valence-electron chi connectivity index (χ2n) is 6.37. The minimum atomic E-state index is -3.76. The summed E-state index contributed by atoms with van der Waals surface area (Å²) in [6, 6.07) is 17.3. The van der Waals surface area contributed by atoms with Gasteiger partial charge in [-0.05, 0) is 37.1 Å². The van der Waals surface area contributed by atoms with Crippen LogP contribution >= 0.6 is 0 Å². The molecule has 1 aromatic heterocycles. The van der Waals surface area contributed by atoms with Crippen molar-refractivity contribution >= 4 is 20.9 Å². The van der Waals surface area contributed by atoms with Crippen LogP contribution in [0, 0.1) is 18.9 Å². The zero-order chi connectivity index (χ0) is 19.4. The summed E-state index contributed by atoms with van der Waals surface area (Å²) >= 11 is 0. The van der Waals surface area contributed by atoms with Crippen LogP contribution < -0.4 is 0 Å². The highest BCUT2D eigenvalue weighted by Gasteiger charge is 2.22. The summed E-state index contributed by atoms with van der Waals surface area (Å²) in [5, 5.41) is 10.1. The number of aliphatic hydroxyl groups is 1. The molecule has 0 aliphatic heterocycles. The maximum Gasteiger partial charge on any atom is 0.270 e. The number of hydrogen-bond donors (Lipinski definition) is 1. The molecule has 6 heteroatoms. The fraction of sp³-hybridized carbons (Fsp3) is 0.238. The van der Waals surface area contributed by atoms with E-state index in [2.05, 4.69) is 12.0 Å². The quantitative estimate of drug-likeness (QED) is 0.545. The molecule has 0 unspecified atom stereocenters. The number of hydrogen-bond acceptors (Lipinski definition) is 3. The molecule has 0 saturated carbocycles. The Morgan fingerprint density at radius 3 is 2.52 bits per heavy atom. The van der Waals surface area contributed by atoms with Gasteiger partial charge >= 0.3 is 0 Å². The van der Waals surface area contributed by atoms with Crippen molar-refractivity contribution in [1.82, 2.24) is 8.87 Å². The van der Waals surface area contributed by atoms with Gasteiger partial charge in [0.2, 0.25) is 0 Å². The third kappa shape index (κ3) is 4.00. The number of benzene rings is 2. The molecular formula is C21H22N2O3S. The fourth-order valence-electron chi connectivity index (χ4n) is 3.04. The van der Waals surface area contributed by atoms with Crippen molar-refractivity contribution in [3.8, 4) is 12.0 Å². The first-order valence-electron chi connectivity index (χ1n) is 8.65. The summed E-state index contributed by atoms with van der Waals surface area (Å²) < 4.78 is 29.1. The normalized spacial score (nSPS) is 11.2. The van der Waals surface area contributed by atoms with Gasteiger partial charge in [-0.25, -0.2) is 12.7 Å². The third-order valence-electron chi connectivity index (χ3n) is 4.46. The SMILES string of the molecule is Cc1ccc(S(=O)(=O)N(C#CCO)CCc2cn(C)c3ccccc23)cc1. The molecule has 140 valence electrons. The zero-order valence-corrected chi connectivity index (χ0v) is 16.2. The van der Waals surface area contributed by atoms with Gasteiger partial charge in [-0.2, -0.15) is 0 Å². The second kappa shape index (κ2) is 7.87.